The molecule has 3 rings (SSSR count). The van der Waals surface area contributed by atoms with Crippen molar-refractivity contribution in [3.63, 3.8) is 0 Å². The molecule has 0 radical (unpaired) electrons. The number of benzene rings is 2. The molecule has 0 bridgehead atoms. The molecule has 0 aliphatic heterocycles. The third-order valence-electron chi connectivity index (χ3n) is 3.17. The highest BCUT2D eigenvalue weighted by molar-refractivity contribution is 9.10. The maximum atomic E-state index is 11.9. The Morgan fingerprint density at radius 2 is 1.65 bits per heavy atom. The second-order valence-electron chi connectivity index (χ2n) is 5.03. The molecule has 0 saturated carbocycles. The molecule has 3 N–H and O–H groups in total. The number of hydrogen-bond acceptors (Lipinski definition) is 5. The van der Waals surface area contributed by atoms with Crippen molar-refractivity contribution in [1.29, 1.82) is 0 Å². The summed E-state index contributed by atoms with van der Waals surface area (Å²) in [4.78, 5) is 11.9. The molecule has 0 saturated heterocycles. The highest BCUT2D eigenvalue weighted by Gasteiger charge is 2.09. The van der Waals surface area contributed by atoms with Crippen molar-refractivity contribution in [1.82, 2.24) is 9.59 Å². The van der Waals surface area contributed by atoms with E-state index in [4.69, 9.17) is 23.8 Å². The Morgan fingerprint density at radius 1 is 1.04 bits per heavy atom. The molecule has 0 spiro atoms. The molecule has 3 aromatic rings. The Labute approximate surface area is 172 Å². The van der Waals surface area contributed by atoms with Crippen LogP contribution >= 0.6 is 51.3 Å². The monoisotopic (exact) mass is 467 g/mol. The van der Waals surface area contributed by atoms with E-state index in [0.717, 1.165) is 27.4 Å². The molecular formula is C16H11BrClN5OS2. The van der Waals surface area contributed by atoms with Gasteiger partial charge in [-0.2, -0.15) is 0 Å². The molecule has 26 heavy (non-hydrogen) atoms. The summed E-state index contributed by atoms with van der Waals surface area (Å²) in [6.07, 6.45) is 0. The number of thiocarbonyl (C=S) groups is 1. The first-order valence-corrected chi connectivity index (χ1v) is 9.64. The standard InChI is InChI=1S/C16H11BrClN5OS2/c17-12-6-5-11(7-13(12)18)21-16(25)20-10-3-1-9(2-4-10)19-15(24)14-8-26-23-22-14/h1-8H,(H,19,24)(H2,20,21,25). The van der Waals surface area contributed by atoms with Crippen LogP contribution in [0.25, 0.3) is 0 Å². The molecule has 10 heteroatoms. The third kappa shape index (κ3) is 4.98. The zero-order valence-corrected chi connectivity index (χ0v) is 17.0. The maximum Gasteiger partial charge on any atom is 0.277 e. The number of rotatable bonds is 4. The molecule has 132 valence electrons. The summed E-state index contributed by atoms with van der Waals surface area (Å²) in [7, 11) is 0. The van der Waals surface area contributed by atoms with Gasteiger partial charge in [0.1, 0.15) is 0 Å². The number of amides is 1. The first-order valence-electron chi connectivity index (χ1n) is 7.23. The first-order chi connectivity index (χ1) is 12.5. The quantitative estimate of drug-likeness (QED) is 0.467. The molecule has 2 aromatic carbocycles. The van der Waals surface area contributed by atoms with Gasteiger partial charge in [0.15, 0.2) is 10.8 Å². The molecule has 0 unspecified atom stereocenters. The SMILES string of the molecule is O=C(Nc1ccc(NC(=S)Nc2ccc(Br)c(Cl)c2)cc1)c1csnn1. The minimum absolute atomic E-state index is 0.288. The predicted octanol–water partition coefficient (Wildman–Crippen LogP) is 5.02. The minimum atomic E-state index is -0.302. The van der Waals surface area contributed by atoms with Crippen molar-refractivity contribution in [3.05, 3.63) is 63.0 Å². The van der Waals surface area contributed by atoms with Crippen LogP contribution in [0.4, 0.5) is 17.1 Å². The normalized spacial score (nSPS) is 10.2. The van der Waals surface area contributed by atoms with Crippen molar-refractivity contribution in [2.75, 3.05) is 16.0 Å². The molecular weight excluding hydrogens is 458 g/mol. The second-order valence-corrected chi connectivity index (χ2v) is 7.31. The zero-order chi connectivity index (χ0) is 18.5. The minimum Gasteiger partial charge on any atom is -0.332 e. The largest absolute Gasteiger partial charge is 0.332 e. The van der Waals surface area contributed by atoms with Gasteiger partial charge in [0.2, 0.25) is 0 Å². The van der Waals surface area contributed by atoms with E-state index in [0.29, 0.717) is 15.8 Å². The fourth-order valence-corrected chi connectivity index (χ4v) is 3.06. The number of halogens is 2. The topological polar surface area (TPSA) is 78.9 Å². The van der Waals surface area contributed by atoms with Gasteiger partial charge in [-0.25, -0.2) is 0 Å². The summed E-state index contributed by atoms with van der Waals surface area (Å²) in [6.45, 7) is 0. The molecule has 0 fully saturated rings. The lowest BCUT2D eigenvalue weighted by molar-refractivity contribution is 0.102. The number of hydrogen-bond donors (Lipinski definition) is 3. The van der Waals surface area contributed by atoms with Crippen molar-refractivity contribution in [2.24, 2.45) is 0 Å². The van der Waals surface area contributed by atoms with Crippen LogP contribution in [0.15, 0.2) is 52.3 Å². The van der Waals surface area contributed by atoms with Crippen molar-refractivity contribution in [2.45, 2.75) is 0 Å². The Balaban J connectivity index is 1.57. The molecule has 1 aromatic heterocycles. The zero-order valence-electron chi connectivity index (χ0n) is 13.0. The lowest BCUT2D eigenvalue weighted by Gasteiger charge is -2.12. The Bertz CT molecular complexity index is 934. The maximum absolute atomic E-state index is 11.9. The van der Waals surface area contributed by atoms with Crippen LogP contribution < -0.4 is 16.0 Å². The number of anilines is 3. The summed E-state index contributed by atoms with van der Waals surface area (Å²) in [5, 5.41) is 15.2. The van der Waals surface area contributed by atoms with Gasteiger partial charge in [-0.05, 0) is 82.1 Å². The molecule has 0 aliphatic carbocycles. The number of aromatic nitrogens is 2. The van der Waals surface area contributed by atoms with Gasteiger partial charge in [0.05, 0.1) is 5.02 Å². The van der Waals surface area contributed by atoms with E-state index in [1.54, 1.807) is 35.7 Å². The summed E-state index contributed by atoms with van der Waals surface area (Å²) in [5.41, 5.74) is 2.48. The highest BCUT2D eigenvalue weighted by Crippen LogP contribution is 2.25. The van der Waals surface area contributed by atoms with E-state index < -0.39 is 0 Å². The van der Waals surface area contributed by atoms with Crippen molar-refractivity contribution < 1.29 is 4.79 Å². The van der Waals surface area contributed by atoms with E-state index in [1.807, 2.05) is 12.1 Å². The van der Waals surface area contributed by atoms with Crippen LogP contribution in [0.1, 0.15) is 10.5 Å². The summed E-state index contributed by atoms with van der Waals surface area (Å²) < 4.78 is 4.48. The Kier molecular flexibility index (Phi) is 6.15. The number of carbonyl (C=O) groups is 1. The molecule has 1 amide bonds. The van der Waals surface area contributed by atoms with Crippen LogP contribution in [0.3, 0.4) is 0 Å². The van der Waals surface area contributed by atoms with Crippen LogP contribution in [0.2, 0.25) is 5.02 Å². The van der Waals surface area contributed by atoms with Gasteiger partial charge in [-0.15, -0.1) is 5.10 Å². The lowest BCUT2D eigenvalue weighted by atomic mass is 10.2. The fourth-order valence-electron chi connectivity index (χ4n) is 1.96. The van der Waals surface area contributed by atoms with Crippen LogP contribution in [-0.4, -0.2) is 20.6 Å². The van der Waals surface area contributed by atoms with Crippen molar-refractivity contribution in [3.8, 4) is 0 Å². The predicted molar refractivity (Wildman–Crippen MR) is 113 cm³/mol. The number of nitrogens with zero attached hydrogens (tertiary/aromatic N) is 2. The third-order valence-corrected chi connectivity index (χ3v) is 5.11. The van der Waals surface area contributed by atoms with E-state index in [9.17, 15) is 4.79 Å². The van der Waals surface area contributed by atoms with Crippen molar-refractivity contribution >= 4 is 79.4 Å². The van der Waals surface area contributed by atoms with Gasteiger partial charge < -0.3 is 16.0 Å². The lowest BCUT2D eigenvalue weighted by Crippen LogP contribution is -2.19. The average Bonchev–Trinajstić information content (AvgIpc) is 3.15. The van der Waals surface area contributed by atoms with Gasteiger partial charge in [-0.1, -0.05) is 16.1 Å². The number of nitrogens with one attached hydrogen (secondary N) is 3. The summed E-state index contributed by atoms with van der Waals surface area (Å²) in [6, 6.07) is 12.6. The van der Waals surface area contributed by atoms with Crippen LogP contribution in [0.5, 0.6) is 0 Å². The molecule has 0 aliphatic rings. The van der Waals surface area contributed by atoms with Crippen LogP contribution in [-0.2, 0) is 0 Å². The average molecular weight is 469 g/mol. The van der Waals surface area contributed by atoms with Gasteiger partial charge in [0.25, 0.3) is 5.91 Å². The second kappa shape index (κ2) is 8.54. The van der Waals surface area contributed by atoms with Gasteiger partial charge in [-0.3, -0.25) is 4.79 Å². The fraction of sp³-hybridized carbons (Fsp3) is 0. The molecule has 0 atom stereocenters. The highest BCUT2D eigenvalue weighted by atomic mass is 79.9. The van der Waals surface area contributed by atoms with Crippen LogP contribution in [0, 0.1) is 0 Å². The Hall–Kier alpha value is -2.07. The van der Waals surface area contributed by atoms with E-state index in [1.165, 1.54) is 0 Å². The number of carbonyl (C=O) groups excluding carboxylic acids is 1. The first kappa shape index (κ1) is 18.7. The Morgan fingerprint density at radius 3 is 2.27 bits per heavy atom. The van der Waals surface area contributed by atoms with E-state index >= 15 is 0 Å². The van der Waals surface area contributed by atoms with Gasteiger partial charge in [0, 0.05) is 26.9 Å². The molecule has 1 heterocycles. The summed E-state index contributed by atoms with van der Waals surface area (Å²) >= 11 is 15.8. The summed E-state index contributed by atoms with van der Waals surface area (Å²) in [5.74, 6) is -0.302. The smallest absolute Gasteiger partial charge is 0.277 e. The van der Waals surface area contributed by atoms with E-state index in [2.05, 4.69) is 41.5 Å². The van der Waals surface area contributed by atoms with Gasteiger partial charge >= 0.3 is 0 Å². The molecule has 6 nitrogen and oxygen atoms in total. The van der Waals surface area contributed by atoms with E-state index in [-0.39, 0.29) is 11.6 Å².